The van der Waals surface area contributed by atoms with Crippen molar-refractivity contribution in [1.82, 2.24) is 19.6 Å². The lowest BCUT2D eigenvalue weighted by molar-refractivity contribution is 0.0838. The minimum absolute atomic E-state index is 0.142. The van der Waals surface area contributed by atoms with Crippen LogP contribution in [-0.2, 0) is 13.0 Å². The zero-order valence-electron chi connectivity index (χ0n) is 19.2. The largest absolute Gasteiger partial charge is 0.390 e. The molecule has 8 heteroatoms. The fourth-order valence-corrected chi connectivity index (χ4v) is 4.34. The van der Waals surface area contributed by atoms with Crippen LogP contribution in [0, 0.1) is 0 Å². The molecule has 0 spiro atoms. The number of fused-ring (bicyclic) bond motifs is 2. The Morgan fingerprint density at radius 1 is 0.943 bits per heavy atom. The minimum atomic E-state index is -0.680. The molecule has 2 amide bonds. The summed E-state index contributed by atoms with van der Waals surface area (Å²) >= 11 is 0. The molecule has 1 aliphatic heterocycles. The topological polar surface area (TPSA) is 99.0 Å². The first kappa shape index (κ1) is 22.8. The van der Waals surface area contributed by atoms with Crippen molar-refractivity contribution in [1.29, 1.82) is 0 Å². The van der Waals surface area contributed by atoms with Gasteiger partial charge >= 0.3 is 0 Å². The number of carbonyl (C=O) groups is 2. The lowest BCUT2D eigenvalue weighted by Crippen LogP contribution is -2.42. The number of benzene rings is 2. The van der Waals surface area contributed by atoms with Crippen LogP contribution >= 0.6 is 0 Å². The van der Waals surface area contributed by atoms with Gasteiger partial charge in [0.25, 0.3) is 11.8 Å². The van der Waals surface area contributed by atoms with E-state index in [0.29, 0.717) is 23.4 Å². The summed E-state index contributed by atoms with van der Waals surface area (Å²) in [6, 6.07) is 20.8. The third-order valence-corrected chi connectivity index (χ3v) is 6.15. The Bertz CT molecular complexity index is 1350. The Morgan fingerprint density at radius 3 is 2.54 bits per heavy atom. The Morgan fingerprint density at radius 2 is 1.71 bits per heavy atom. The first-order valence-corrected chi connectivity index (χ1v) is 11.7. The van der Waals surface area contributed by atoms with Gasteiger partial charge in [-0.1, -0.05) is 42.5 Å². The Hall–Kier alpha value is -4.01. The van der Waals surface area contributed by atoms with Crippen molar-refractivity contribution in [2.75, 3.05) is 25.0 Å². The molecule has 3 heterocycles. The number of imidazole rings is 1. The number of pyridine rings is 1. The van der Waals surface area contributed by atoms with Crippen LogP contribution in [0.1, 0.15) is 32.0 Å². The number of nitrogens with one attached hydrogen (secondary N) is 2. The van der Waals surface area contributed by atoms with Crippen molar-refractivity contribution in [3.63, 3.8) is 0 Å². The molecule has 2 aromatic heterocycles. The number of aromatic nitrogens is 2. The first-order chi connectivity index (χ1) is 17.0. The van der Waals surface area contributed by atoms with Crippen LogP contribution in [0.15, 0.2) is 79.1 Å². The fraction of sp³-hybridized carbons (Fsp3) is 0.222. The summed E-state index contributed by atoms with van der Waals surface area (Å²) in [6.45, 7) is 2.32. The molecule has 5 rings (SSSR count). The molecule has 0 aliphatic carbocycles. The lowest BCUT2D eigenvalue weighted by atomic mass is 10.00. The van der Waals surface area contributed by atoms with E-state index in [1.54, 1.807) is 53.2 Å². The van der Waals surface area contributed by atoms with E-state index >= 15 is 0 Å². The van der Waals surface area contributed by atoms with Gasteiger partial charge in [-0.3, -0.25) is 14.5 Å². The number of β-amino-alcohol motifs (C(OH)–C–C–N with tert-alkyl or cyclic N) is 1. The molecule has 178 valence electrons. The summed E-state index contributed by atoms with van der Waals surface area (Å²) in [6.07, 6.45) is 3.60. The molecule has 3 N–H and O–H groups in total. The second-order valence-corrected chi connectivity index (χ2v) is 8.75. The average Bonchev–Trinajstić information content (AvgIpc) is 3.31. The number of amides is 2. The maximum atomic E-state index is 12.6. The molecule has 8 nitrogen and oxygen atoms in total. The zero-order chi connectivity index (χ0) is 24.2. The third-order valence-electron chi connectivity index (χ3n) is 6.15. The average molecular weight is 470 g/mol. The van der Waals surface area contributed by atoms with E-state index in [9.17, 15) is 14.7 Å². The van der Waals surface area contributed by atoms with Crippen LogP contribution in [0.4, 0.5) is 5.69 Å². The van der Waals surface area contributed by atoms with E-state index in [1.165, 1.54) is 11.1 Å². The standard InChI is InChI=1S/C27H27N5O3/c33-23(17-31-13-12-19-6-4-5-9-21(19)15-31)14-28-27(35)24-18-32-16-22(10-11-25(32)30-24)29-26(34)20-7-2-1-3-8-20/h1-11,16,18,23,33H,12-15,17H2,(H,28,35)(H,29,34)/t23-/m0/s1. The highest BCUT2D eigenvalue weighted by molar-refractivity contribution is 6.04. The molecular formula is C27H27N5O3. The molecule has 0 bridgehead atoms. The fourth-order valence-electron chi connectivity index (χ4n) is 4.34. The molecule has 0 saturated carbocycles. The second kappa shape index (κ2) is 10.1. The summed E-state index contributed by atoms with van der Waals surface area (Å²) in [5, 5.41) is 16.1. The molecule has 0 saturated heterocycles. The van der Waals surface area contributed by atoms with Crippen LogP contribution in [0.2, 0.25) is 0 Å². The van der Waals surface area contributed by atoms with Gasteiger partial charge in [-0.15, -0.1) is 0 Å². The monoisotopic (exact) mass is 469 g/mol. The summed E-state index contributed by atoms with van der Waals surface area (Å²) < 4.78 is 1.69. The van der Waals surface area contributed by atoms with Gasteiger partial charge in [0, 0.05) is 44.1 Å². The van der Waals surface area contributed by atoms with E-state index in [1.807, 2.05) is 12.1 Å². The predicted octanol–water partition coefficient (Wildman–Crippen LogP) is 2.74. The van der Waals surface area contributed by atoms with E-state index < -0.39 is 6.10 Å². The van der Waals surface area contributed by atoms with E-state index in [0.717, 1.165) is 19.5 Å². The molecule has 1 atom stereocenters. The molecule has 1 aliphatic rings. The summed E-state index contributed by atoms with van der Waals surface area (Å²) in [7, 11) is 0. The Balaban J connectivity index is 1.16. The number of anilines is 1. The van der Waals surface area contributed by atoms with Gasteiger partial charge in [-0.05, 0) is 41.8 Å². The summed E-state index contributed by atoms with van der Waals surface area (Å²) in [4.78, 5) is 31.6. The van der Waals surface area contributed by atoms with Crippen molar-refractivity contribution in [2.45, 2.75) is 19.1 Å². The predicted molar refractivity (Wildman–Crippen MR) is 133 cm³/mol. The molecule has 0 unspecified atom stereocenters. The number of nitrogens with zero attached hydrogens (tertiary/aromatic N) is 3. The number of hydrogen-bond donors (Lipinski definition) is 3. The highest BCUT2D eigenvalue weighted by Gasteiger charge is 2.19. The van der Waals surface area contributed by atoms with Crippen LogP contribution in [0.5, 0.6) is 0 Å². The van der Waals surface area contributed by atoms with Gasteiger partial charge in [0.1, 0.15) is 11.3 Å². The maximum absolute atomic E-state index is 12.6. The first-order valence-electron chi connectivity index (χ1n) is 11.7. The van der Waals surface area contributed by atoms with Crippen LogP contribution < -0.4 is 10.6 Å². The third kappa shape index (κ3) is 5.40. The summed E-state index contributed by atoms with van der Waals surface area (Å²) in [5.41, 5.74) is 4.64. The van der Waals surface area contributed by atoms with Crippen LogP contribution in [0.3, 0.4) is 0 Å². The quantitative estimate of drug-likeness (QED) is 0.387. The van der Waals surface area contributed by atoms with Gasteiger partial charge in [0.2, 0.25) is 0 Å². The van der Waals surface area contributed by atoms with Crippen molar-refractivity contribution in [2.24, 2.45) is 0 Å². The van der Waals surface area contributed by atoms with Gasteiger partial charge in [0.15, 0.2) is 0 Å². The van der Waals surface area contributed by atoms with Crippen molar-refractivity contribution < 1.29 is 14.7 Å². The molecule has 0 radical (unpaired) electrons. The molecule has 2 aromatic carbocycles. The number of aliphatic hydroxyl groups is 1. The zero-order valence-corrected chi connectivity index (χ0v) is 19.2. The Labute approximate surface area is 203 Å². The minimum Gasteiger partial charge on any atom is -0.390 e. The van der Waals surface area contributed by atoms with E-state index in [2.05, 4.69) is 38.7 Å². The molecule has 4 aromatic rings. The lowest BCUT2D eigenvalue weighted by Gasteiger charge is -2.30. The summed E-state index contributed by atoms with van der Waals surface area (Å²) in [5.74, 6) is -0.569. The van der Waals surface area contributed by atoms with Gasteiger partial charge in [-0.2, -0.15) is 0 Å². The normalized spacial score (nSPS) is 14.3. The van der Waals surface area contributed by atoms with Crippen molar-refractivity contribution >= 4 is 23.1 Å². The highest BCUT2D eigenvalue weighted by atomic mass is 16.3. The van der Waals surface area contributed by atoms with Crippen molar-refractivity contribution in [3.05, 3.63) is 102 Å². The number of hydrogen-bond acceptors (Lipinski definition) is 5. The van der Waals surface area contributed by atoms with Crippen LogP contribution in [0.25, 0.3) is 5.65 Å². The van der Waals surface area contributed by atoms with Gasteiger partial charge in [0.05, 0.1) is 11.8 Å². The second-order valence-electron chi connectivity index (χ2n) is 8.75. The van der Waals surface area contributed by atoms with Crippen molar-refractivity contribution in [3.8, 4) is 0 Å². The van der Waals surface area contributed by atoms with Crippen LogP contribution in [-0.4, -0.2) is 56.9 Å². The number of aliphatic hydroxyl groups excluding tert-OH is 1. The van der Waals surface area contributed by atoms with E-state index in [4.69, 9.17) is 0 Å². The Kier molecular flexibility index (Phi) is 6.56. The molecule has 35 heavy (non-hydrogen) atoms. The SMILES string of the molecule is O=C(Nc1ccc2nc(C(=O)NC[C@H](O)CN3CCc4ccccc4C3)cn2c1)c1ccccc1. The van der Waals surface area contributed by atoms with E-state index in [-0.39, 0.29) is 24.1 Å². The number of carbonyl (C=O) groups excluding carboxylic acids is 2. The van der Waals surface area contributed by atoms with Gasteiger partial charge < -0.3 is 20.1 Å². The van der Waals surface area contributed by atoms with Gasteiger partial charge in [-0.25, -0.2) is 4.98 Å². The molecule has 0 fully saturated rings. The maximum Gasteiger partial charge on any atom is 0.271 e. The number of rotatable bonds is 7. The molecular weight excluding hydrogens is 442 g/mol. The highest BCUT2D eigenvalue weighted by Crippen LogP contribution is 2.18. The smallest absolute Gasteiger partial charge is 0.271 e.